The molecule has 6 aromatic rings. The van der Waals surface area contributed by atoms with Crippen molar-refractivity contribution in [2.24, 2.45) is 0 Å². The Morgan fingerprint density at radius 3 is 0.959 bits per heavy atom. The van der Waals surface area contributed by atoms with E-state index in [1.807, 2.05) is 0 Å². The number of rotatable bonds is 18. The van der Waals surface area contributed by atoms with Crippen LogP contribution >= 0.6 is 7.26 Å². The van der Waals surface area contributed by atoms with Crippen molar-refractivity contribution in [2.45, 2.75) is 57.0 Å². The highest BCUT2D eigenvalue weighted by atomic mass is 31.2. The van der Waals surface area contributed by atoms with E-state index in [1.54, 1.807) is 0 Å². The van der Waals surface area contributed by atoms with Crippen molar-refractivity contribution in [3.05, 3.63) is 199 Å². The Hall–Kier alpha value is -4.29. The van der Waals surface area contributed by atoms with Crippen LogP contribution in [0.3, 0.4) is 0 Å². The average Bonchev–Trinajstić information content (AvgIpc) is 3.19. The van der Waals surface area contributed by atoms with Crippen LogP contribution in [0.15, 0.2) is 182 Å². The SMILES string of the molecule is c1ccc(C(OCCCCCCCCCC[P+](c2ccccc2)(c2ccccc2)c2ccccc2)(c2ccccc2)c2ccccc2)cc1. The normalized spacial score (nSPS) is 11.8. The molecule has 0 saturated carbocycles. The minimum atomic E-state index is -1.72. The van der Waals surface area contributed by atoms with Gasteiger partial charge in [-0.3, -0.25) is 0 Å². The van der Waals surface area contributed by atoms with E-state index in [1.165, 1.54) is 83.7 Å². The Kier molecular flexibility index (Phi) is 12.6. The first-order valence-electron chi connectivity index (χ1n) is 18.2. The van der Waals surface area contributed by atoms with E-state index >= 15 is 0 Å². The van der Waals surface area contributed by atoms with Gasteiger partial charge in [-0.05, 0) is 72.4 Å². The van der Waals surface area contributed by atoms with Crippen molar-refractivity contribution in [2.75, 3.05) is 12.8 Å². The monoisotopic (exact) mass is 661 g/mol. The second-order valence-electron chi connectivity index (χ2n) is 13.0. The first-order chi connectivity index (χ1) is 24.3. The van der Waals surface area contributed by atoms with Crippen molar-refractivity contribution < 1.29 is 4.74 Å². The van der Waals surface area contributed by atoms with Crippen LogP contribution in [0.25, 0.3) is 0 Å². The van der Waals surface area contributed by atoms with E-state index in [-0.39, 0.29) is 0 Å². The Morgan fingerprint density at radius 1 is 0.327 bits per heavy atom. The fourth-order valence-electron chi connectivity index (χ4n) is 7.39. The second-order valence-corrected chi connectivity index (χ2v) is 16.6. The smallest absolute Gasteiger partial charge is 0.143 e. The van der Waals surface area contributed by atoms with E-state index in [0.29, 0.717) is 0 Å². The van der Waals surface area contributed by atoms with E-state index in [0.717, 1.165) is 13.0 Å². The maximum atomic E-state index is 6.99. The van der Waals surface area contributed by atoms with Gasteiger partial charge in [-0.2, -0.15) is 0 Å². The van der Waals surface area contributed by atoms with Crippen molar-refractivity contribution in [1.29, 1.82) is 0 Å². The quantitative estimate of drug-likeness (QED) is 0.0506. The standard InChI is InChI=1S/C47H50OP/c1(2-4-6-26-40-49(44-33-19-10-20-34-44,45-35-21-11-22-36-45)46-37-23-12-24-38-46)3-5-25-39-48-47(41-27-13-7-14-28-41,42-29-15-8-16-30-42)43-31-17-9-18-32-43/h7-24,27-38H,1-6,25-26,39-40H2/q+1. The van der Waals surface area contributed by atoms with Gasteiger partial charge < -0.3 is 4.74 Å². The van der Waals surface area contributed by atoms with Gasteiger partial charge >= 0.3 is 0 Å². The summed E-state index contributed by atoms with van der Waals surface area (Å²) in [4.78, 5) is 0. The van der Waals surface area contributed by atoms with Crippen LogP contribution in [0, 0.1) is 0 Å². The summed E-state index contributed by atoms with van der Waals surface area (Å²) in [5.41, 5.74) is 2.89. The lowest BCUT2D eigenvalue weighted by Crippen LogP contribution is -2.33. The molecule has 0 saturated heterocycles. The van der Waals surface area contributed by atoms with Crippen molar-refractivity contribution in [3.8, 4) is 0 Å². The summed E-state index contributed by atoms with van der Waals surface area (Å²) in [5.74, 6) is 0. The van der Waals surface area contributed by atoms with Gasteiger partial charge in [0, 0.05) is 6.61 Å². The largest absolute Gasteiger partial charge is 0.361 e. The summed E-state index contributed by atoms with van der Waals surface area (Å²) in [7, 11) is -1.72. The summed E-state index contributed by atoms with van der Waals surface area (Å²) in [6.07, 6.45) is 11.2. The third kappa shape index (κ3) is 8.30. The van der Waals surface area contributed by atoms with Gasteiger partial charge in [0.15, 0.2) is 0 Å². The molecule has 0 amide bonds. The molecule has 0 aliphatic carbocycles. The summed E-state index contributed by atoms with van der Waals surface area (Å²) >= 11 is 0. The van der Waals surface area contributed by atoms with Gasteiger partial charge in [0.25, 0.3) is 0 Å². The molecule has 0 spiro atoms. The Morgan fingerprint density at radius 2 is 0.612 bits per heavy atom. The molecular formula is C47H50OP+. The first kappa shape index (κ1) is 34.6. The highest BCUT2D eigenvalue weighted by molar-refractivity contribution is 7.95. The lowest BCUT2D eigenvalue weighted by atomic mass is 9.80. The molecule has 2 heteroatoms. The molecular weight excluding hydrogens is 611 g/mol. The van der Waals surface area contributed by atoms with Crippen LogP contribution < -0.4 is 15.9 Å². The summed E-state index contributed by atoms with van der Waals surface area (Å²) in [5, 5.41) is 4.47. The highest BCUT2D eigenvalue weighted by Crippen LogP contribution is 2.56. The lowest BCUT2D eigenvalue weighted by Gasteiger charge is -2.36. The zero-order valence-corrected chi connectivity index (χ0v) is 29.6. The lowest BCUT2D eigenvalue weighted by molar-refractivity contribution is 0.0106. The molecule has 0 aliphatic heterocycles. The third-order valence-electron chi connectivity index (χ3n) is 9.84. The summed E-state index contributed by atoms with van der Waals surface area (Å²) in [6.45, 7) is 0.725. The Labute approximate surface area is 295 Å². The minimum absolute atomic E-state index is 0.624. The molecule has 0 radical (unpaired) electrons. The predicted molar refractivity (Wildman–Crippen MR) is 212 cm³/mol. The van der Waals surface area contributed by atoms with Crippen LogP contribution in [0.2, 0.25) is 0 Å². The molecule has 0 N–H and O–H groups in total. The fourth-order valence-corrected chi connectivity index (χ4v) is 11.8. The van der Waals surface area contributed by atoms with E-state index < -0.39 is 12.9 Å². The highest BCUT2D eigenvalue weighted by Gasteiger charge is 2.44. The van der Waals surface area contributed by atoms with Crippen LogP contribution in [-0.2, 0) is 10.3 Å². The molecule has 0 atom stereocenters. The molecule has 0 aromatic heterocycles. The number of unbranched alkanes of at least 4 members (excludes halogenated alkanes) is 7. The van der Waals surface area contributed by atoms with Gasteiger partial charge in [0.05, 0.1) is 6.16 Å². The molecule has 6 aromatic carbocycles. The van der Waals surface area contributed by atoms with Crippen LogP contribution in [0.4, 0.5) is 0 Å². The summed E-state index contributed by atoms with van der Waals surface area (Å²) < 4.78 is 6.99. The fraction of sp³-hybridized carbons (Fsp3) is 0.234. The van der Waals surface area contributed by atoms with Gasteiger partial charge in [-0.15, -0.1) is 0 Å². The number of hydrogen-bond donors (Lipinski definition) is 0. The third-order valence-corrected chi connectivity index (χ3v) is 14.4. The van der Waals surface area contributed by atoms with Gasteiger partial charge in [-0.1, -0.05) is 178 Å². The van der Waals surface area contributed by atoms with E-state index in [4.69, 9.17) is 4.74 Å². The number of ether oxygens (including phenoxy) is 1. The molecule has 0 heterocycles. The Bertz CT molecular complexity index is 1430. The molecule has 0 fully saturated rings. The molecule has 1 nitrogen and oxygen atoms in total. The predicted octanol–water partition coefficient (Wildman–Crippen LogP) is 11.1. The number of benzene rings is 6. The molecule has 0 bridgehead atoms. The zero-order valence-electron chi connectivity index (χ0n) is 28.7. The molecule has 248 valence electrons. The summed E-state index contributed by atoms with van der Waals surface area (Å²) in [6, 6.07) is 66.0. The molecule has 0 aliphatic rings. The van der Waals surface area contributed by atoms with E-state index in [9.17, 15) is 0 Å². The first-order valence-corrected chi connectivity index (χ1v) is 20.2. The molecule has 49 heavy (non-hydrogen) atoms. The van der Waals surface area contributed by atoms with Gasteiger partial charge in [0.2, 0.25) is 0 Å². The maximum absolute atomic E-state index is 6.99. The maximum Gasteiger partial charge on any atom is 0.143 e. The zero-order chi connectivity index (χ0) is 33.5. The minimum Gasteiger partial charge on any atom is -0.361 e. The second kappa shape index (κ2) is 17.9. The van der Waals surface area contributed by atoms with Crippen LogP contribution in [0.5, 0.6) is 0 Å². The Balaban J connectivity index is 1.02. The van der Waals surface area contributed by atoms with Gasteiger partial charge in [0.1, 0.15) is 28.8 Å². The molecule has 6 rings (SSSR count). The van der Waals surface area contributed by atoms with Crippen molar-refractivity contribution in [3.63, 3.8) is 0 Å². The van der Waals surface area contributed by atoms with Crippen LogP contribution in [0.1, 0.15) is 68.1 Å². The molecule has 0 unspecified atom stereocenters. The topological polar surface area (TPSA) is 9.23 Å². The van der Waals surface area contributed by atoms with Crippen LogP contribution in [-0.4, -0.2) is 12.8 Å². The number of hydrogen-bond acceptors (Lipinski definition) is 1. The van der Waals surface area contributed by atoms with Gasteiger partial charge in [-0.25, -0.2) is 0 Å². The van der Waals surface area contributed by atoms with Crippen molar-refractivity contribution in [1.82, 2.24) is 0 Å². The van der Waals surface area contributed by atoms with E-state index in [2.05, 4.69) is 182 Å². The average molecular weight is 662 g/mol. The van der Waals surface area contributed by atoms with Crippen molar-refractivity contribution >= 4 is 23.2 Å².